The number of halogens is 1. The molecule has 0 amide bonds. The maximum absolute atomic E-state index is 13.5. The first-order chi connectivity index (χ1) is 21.6. The van der Waals surface area contributed by atoms with Gasteiger partial charge in [-0.05, 0) is 51.6 Å². The van der Waals surface area contributed by atoms with Gasteiger partial charge in [0.15, 0.2) is 11.3 Å². The van der Waals surface area contributed by atoms with Gasteiger partial charge in [-0.25, -0.2) is 4.98 Å². The largest absolute Gasteiger partial charge is 0.455 e. The standard InChI is InChI=1S/C28H32ClN7O4.C3H6O2/c1-15-8-20(17(3)33-22-6-7-23(29)34-24(22)28(31-4)35-39-14-37)27-21(9-15)25(38)16(2)26(40-27)18(10-30)11-32-19-12-36(5)13-19;1-5-3-2-4/h6-11,14,17,19,33H,12-13,30H2,1-5H3,(H,31,35);2H,3H2,1H3/b18-10+,32-11?;. The van der Waals surface area contributed by atoms with E-state index >= 15 is 0 Å². The molecule has 240 valence electrons. The Morgan fingerprint density at radius 2 is 2.02 bits per heavy atom. The Bertz CT molecular complexity index is 1660. The molecule has 1 aliphatic heterocycles. The normalized spacial score (nSPS) is 14.8. The van der Waals surface area contributed by atoms with E-state index < -0.39 is 0 Å². The van der Waals surface area contributed by atoms with Crippen LogP contribution < -0.4 is 22.0 Å². The van der Waals surface area contributed by atoms with Gasteiger partial charge in [0.2, 0.25) is 0 Å². The average molecular weight is 640 g/mol. The first-order valence-corrected chi connectivity index (χ1v) is 14.4. The van der Waals surface area contributed by atoms with Gasteiger partial charge in [-0.3, -0.25) is 19.6 Å². The van der Waals surface area contributed by atoms with Gasteiger partial charge in [-0.15, -0.1) is 0 Å². The average Bonchev–Trinajstić information content (AvgIpc) is 3.00. The van der Waals surface area contributed by atoms with Gasteiger partial charge in [0.1, 0.15) is 35.1 Å². The van der Waals surface area contributed by atoms with Crippen molar-refractivity contribution in [1.29, 1.82) is 0 Å². The number of nitrogens with zero attached hydrogens (tertiary/aromatic N) is 4. The molecule has 4 N–H and O–H groups in total. The van der Waals surface area contributed by atoms with Crippen molar-refractivity contribution >= 4 is 58.6 Å². The number of aryl methyl sites for hydroxylation is 1. The lowest BCUT2D eigenvalue weighted by molar-refractivity contribution is -0.132. The van der Waals surface area contributed by atoms with Crippen molar-refractivity contribution in [3.8, 4) is 0 Å². The van der Waals surface area contributed by atoms with Gasteiger partial charge in [0.05, 0.1) is 28.7 Å². The minimum absolute atomic E-state index is 0.144. The molecule has 45 heavy (non-hydrogen) atoms. The first-order valence-electron chi connectivity index (χ1n) is 14.0. The minimum Gasteiger partial charge on any atom is -0.455 e. The molecule has 2 aromatic heterocycles. The number of rotatable bonds is 11. The number of hydrogen-bond acceptors (Lipinski definition) is 12. The van der Waals surface area contributed by atoms with Crippen LogP contribution in [0.15, 0.2) is 49.7 Å². The van der Waals surface area contributed by atoms with E-state index in [9.17, 15) is 14.4 Å². The van der Waals surface area contributed by atoms with Gasteiger partial charge in [-0.2, -0.15) is 5.48 Å². The van der Waals surface area contributed by atoms with Crippen molar-refractivity contribution in [1.82, 2.24) is 15.4 Å². The number of ether oxygens (including phenoxy) is 1. The highest BCUT2D eigenvalue weighted by Crippen LogP contribution is 2.31. The van der Waals surface area contributed by atoms with E-state index in [1.165, 1.54) is 20.4 Å². The number of allylic oxidation sites excluding steroid dienone is 1. The van der Waals surface area contributed by atoms with Crippen molar-refractivity contribution in [2.45, 2.75) is 32.9 Å². The van der Waals surface area contributed by atoms with Crippen LogP contribution in [0.5, 0.6) is 0 Å². The van der Waals surface area contributed by atoms with Crippen molar-refractivity contribution in [2.24, 2.45) is 15.7 Å². The molecule has 1 aromatic carbocycles. The van der Waals surface area contributed by atoms with Crippen LogP contribution in [0, 0.1) is 13.8 Å². The summed E-state index contributed by atoms with van der Waals surface area (Å²) in [5.41, 5.74) is 12.2. The third-order valence-electron chi connectivity index (χ3n) is 6.89. The molecular weight excluding hydrogens is 602 g/mol. The van der Waals surface area contributed by atoms with Crippen molar-refractivity contribution in [2.75, 3.05) is 46.2 Å². The molecule has 0 spiro atoms. The predicted octanol–water partition coefficient (Wildman–Crippen LogP) is 3.20. The zero-order valence-corrected chi connectivity index (χ0v) is 26.8. The molecule has 1 atom stereocenters. The number of fused-ring (bicyclic) bond motifs is 1. The van der Waals surface area contributed by atoms with Crippen LogP contribution in [-0.2, 0) is 19.2 Å². The molecule has 0 saturated carbocycles. The number of hydroxylamine groups is 1. The molecule has 13 nitrogen and oxygen atoms in total. The van der Waals surface area contributed by atoms with Crippen LogP contribution in [-0.4, -0.2) is 81.6 Å². The van der Waals surface area contributed by atoms with E-state index in [-0.39, 0.29) is 41.6 Å². The Morgan fingerprint density at radius 3 is 2.60 bits per heavy atom. The summed E-state index contributed by atoms with van der Waals surface area (Å²) in [5, 5.41) is 4.09. The van der Waals surface area contributed by atoms with Crippen LogP contribution >= 0.6 is 11.6 Å². The van der Waals surface area contributed by atoms with E-state index in [1.807, 2.05) is 33.0 Å². The number of carbonyl (C=O) groups excluding carboxylic acids is 2. The topological polar surface area (TPSA) is 174 Å². The second kappa shape index (κ2) is 16.5. The summed E-state index contributed by atoms with van der Waals surface area (Å²) >= 11 is 6.15. The third-order valence-corrected chi connectivity index (χ3v) is 7.10. The number of likely N-dealkylation sites (N-methyl/N-ethyl adjacent to an activating group) is 1. The molecule has 3 heterocycles. The van der Waals surface area contributed by atoms with E-state index in [0.29, 0.717) is 45.5 Å². The Morgan fingerprint density at radius 1 is 1.29 bits per heavy atom. The number of aldehydes is 1. The van der Waals surface area contributed by atoms with Crippen LogP contribution in [0.4, 0.5) is 5.69 Å². The summed E-state index contributed by atoms with van der Waals surface area (Å²) in [6, 6.07) is 6.95. The van der Waals surface area contributed by atoms with Gasteiger partial charge in [0.25, 0.3) is 0 Å². The number of amidine groups is 1. The van der Waals surface area contributed by atoms with E-state index in [4.69, 9.17) is 21.8 Å². The highest BCUT2D eigenvalue weighted by Gasteiger charge is 2.23. The molecule has 1 fully saturated rings. The second-order valence-corrected chi connectivity index (χ2v) is 10.7. The molecule has 0 bridgehead atoms. The summed E-state index contributed by atoms with van der Waals surface area (Å²) in [6.07, 6.45) is 3.79. The molecule has 4 rings (SSSR count). The van der Waals surface area contributed by atoms with Crippen molar-refractivity contribution < 1.29 is 23.6 Å². The fraction of sp³-hybridized carbons (Fsp3) is 0.355. The smallest absolute Gasteiger partial charge is 0.320 e. The number of nitrogens with one attached hydrogen (secondary N) is 2. The highest BCUT2D eigenvalue weighted by atomic mass is 35.5. The van der Waals surface area contributed by atoms with Crippen LogP contribution in [0.3, 0.4) is 0 Å². The van der Waals surface area contributed by atoms with E-state index in [1.54, 1.807) is 25.3 Å². The number of carbonyl (C=O) groups is 2. The Kier molecular flexibility index (Phi) is 12.8. The van der Waals surface area contributed by atoms with Crippen molar-refractivity contribution in [3.05, 3.63) is 74.0 Å². The van der Waals surface area contributed by atoms with Gasteiger partial charge < -0.3 is 34.7 Å². The number of anilines is 1. The Labute approximate surface area is 266 Å². The number of benzene rings is 1. The molecule has 1 unspecified atom stereocenters. The second-order valence-electron chi connectivity index (χ2n) is 10.3. The number of nitrogens with two attached hydrogens (primary N) is 1. The maximum Gasteiger partial charge on any atom is 0.320 e. The predicted molar refractivity (Wildman–Crippen MR) is 176 cm³/mol. The minimum atomic E-state index is -0.364. The van der Waals surface area contributed by atoms with Crippen LogP contribution in [0.1, 0.15) is 41.1 Å². The lowest BCUT2D eigenvalue weighted by atomic mass is 9.99. The SMILES string of the molecule is CN=C(NOC=O)c1nc(Cl)ccc1NC(C)c1cc(C)cc2c(=O)c(C)c(/C(C=NC3CN(C)C3)=C/N)oc12.COCC=O. The number of pyridine rings is 1. The van der Waals surface area contributed by atoms with Gasteiger partial charge >= 0.3 is 6.47 Å². The Balaban J connectivity index is 0.00000102. The summed E-state index contributed by atoms with van der Waals surface area (Å²) in [6.45, 7) is 7.76. The molecule has 3 aromatic rings. The molecule has 1 saturated heterocycles. The summed E-state index contributed by atoms with van der Waals surface area (Å²) in [4.78, 5) is 53.4. The number of methoxy groups -OCH3 is 1. The zero-order valence-electron chi connectivity index (χ0n) is 26.1. The van der Waals surface area contributed by atoms with Crippen LogP contribution in [0.2, 0.25) is 5.15 Å². The molecule has 0 radical (unpaired) electrons. The number of aromatic nitrogens is 1. The number of hydrogen-bond donors (Lipinski definition) is 3. The third kappa shape index (κ3) is 8.75. The first kappa shape index (κ1) is 34.9. The summed E-state index contributed by atoms with van der Waals surface area (Å²) < 4.78 is 10.7. The number of aliphatic imine (C=N–C) groups is 2. The summed E-state index contributed by atoms with van der Waals surface area (Å²) in [7, 11) is 5.04. The summed E-state index contributed by atoms with van der Waals surface area (Å²) in [5.74, 6) is 0.565. The van der Waals surface area contributed by atoms with Gasteiger partial charge in [-0.1, -0.05) is 17.7 Å². The van der Waals surface area contributed by atoms with E-state index in [2.05, 4.69) is 40.2 Å². The Hall–Kier alpha value is -4.59. The lowest BCUT2D eigenvalue weighted by Crippen LogP contribution is -2.46. The van der Waals surface area contributed by atoms with Crippen molar-refractivity contribution in [3.63, 3.8) is 0 Å². The molecular formula is C31H38ClN7O6. The molecule has 14 heteroatoms. The number of likely N-dealkylation sites (tertiary alicyclic amines) is 1. The fourth-order valence-corrected chi connectivity index (χ4v) is 4.83. The highest BCUT2D eigenvalue weighted by molar-refractivity contribution is 6.29. The maximum atomic E-state index is 13.5. The van der Waals surface area contributed by atoms with Crippen LogP contribution in [0.25, 0.3) is 16.5 Å². The van der Waals surface area contributed by atoms with E-state index in [0.717, 1.165) is 24.2 Å². The molecule has 1 aliphatic rings. The monoisotopic (exact) mass is 639 g/mol. The molecule has 0 aliphatic carbocycles. The fourth-order valence-electron chi connectivity index (χ4n) is 4.68. The zero-order chi connectivity index (χ0) is 33.1. The lowest BCUT2D eigenvalue weighted by Gasteiger charge is -2.33. The van der Waals surface area contributed by atoms with Gasteiger partial charge in [0, 0.05) is 50.8 Å². The quantitative estimate of drug-likeness (QED) is 0.0924.